The zero-order chi connectivity index (χ0) is 19.2. The number of nitrogens with one attached hydrogen (secondary N) is 1. The van der Waals surface area contributed by atoms with Gasteiger partial charge in [0.1, 0.15) is 0 Å². The Kier molecular flexibility index (Phi) is 6.90. The Bertz CT molecular complexity index is 756. The lowest BCUT2D eigenvalue weighted by Gasteiger charge is -2.36. The van der Waals surface area contributed by atoms with Gasteiger partial charge in [0.2, 0.25) is 15.9 Å². The Labute approximate surface area is 153 Å². The third-order valence-corrected chi connectivity index (χ3v) is 5.77. The van der Waals surface area contributed by atoms with Gasteiger partial charge in [-0.15, -0.1) is 0 Å². The van der Waals surface area contributed by atoms with Gasteiger partial charge in [-0.2, -0.15) is 4.31 Å². The van der Waals surface area contributed by atoms with E-state index in [1.54, 1.807) is 13.0 Å². The Morgan fingerprint density at radius 1 is 1.15 bits per heavy atom. The highest BCUT2D eigenvalue weighted by Gasteiger charge is 2.30. The van der Waals surface area contributed by atoms with Crippen LogP contribution in [0.3, 0.4) is 0 Å². The van der Waals surface area contributed by atoms with E-state index in [4.69, 9.17) is 0 Å². The van der Waals surface area contributed by atoms with E-state index in [0.29, 0.717) is 13.1 Å². The molecule has 0 aromatic heterocycles. The number of benzene rings is 1. The lowest BCUT2D eigenvalue weighted by atomic mass is 10.2. The van der Waals surface area contributed by atoms with Crippen LogP contribution in [0.5, 0.6) is 0 Å². The molecule has 1 heterocycles. The third kappa shape index (κ3) is 5.38. The predicted octanol–water partition coefficient (Wildman–Crippen LogP) is 0.876. The summed E-state index contributed by atoms with van der Waals surface area (Å²) >= 11 is 0. The first kappa shape index (κ1) is 20.1. The molecule has 0 unspecified atom stereocenters. The van der Waals surface area contributed by atoms with Crippen LogP contribution in [-0.2, 0) is 19.6 Å². The number of ether oxygens (including phenoxy) is 1. The van der Waals surface area contributed by atoms with Crippen LogP contribution in [0.4, 0.5) is 4.79 Å². The molecule has 142 valence electrons. The van der Waals surface area contributed by atoms with E-state index in [9.17, 15) is 18.0 Å². The van der Waals surface area contributed by atoms with Crippen LogP contribution >= 0.6 is 0 Å². The van der Waals surface area contributed by atoms with Gasteiger partial charge < -0.3 is 4.74 Å². The Morgan fingerprint density at radius 2 is 1.77 bits per heavy atom. The summed E-state index contributed by atoms with van der Waals surface area (Å²) in [7, 11) is -2.34. The number of nitrogens with zero attached hydrogens (tertiary/aromatic N) is 2. The predicted molar refractivity (Wildman–Crippen MR) is 97.6 cm³/mol. The van der Waals surface area contributed by atoms with Gasteiger partial charge >= 0.3 is 6.09 Å². The molecule has 0 radical (unpaired) electrons. The lowest BCUT2D eigenvalue weighted by molar-refractivity contribution is -0.125. The van der Waals surface area contributed by atoms with Gasteiger partial charge in [0.25, 0.3) is 0 Å². The van der Waals surface area contributed by atoms with Gasteiger partial charge in [-0.25, -0.2) is 13.2 Å². The maximum absolute atomic E-state index is 12.4. The van der Waals surface area contributed by atoms with E-state index >= 15 is 0 Å². The standard InChI is InChI=1S/C17H23N3O5S/c1-14(16(21)18-17(22)25-2)19-9-11-20(12-10-19)26(23,24)13-8-15-6-4-3-5-7-15/h3-8,13-14H,9-12H2,1-2H3,(H,18,21,22)/b13-8+/t14-/m1/s1. The summed E-state index contributed by atoms with van der Waals surface area (Å²) < 4.78 is 30.6. The molecule has 1 atom stereocenters. The van der Waals surface area contributed by atoms with Crippen molar-refractivity contribution < 1.29 is 22.7 Å². The van der Waals surface area contributed by atoms with Crippen LogP contribution in [0.2, 0.25) is 0 Å². The second-order valence-electron chi connectivity index (χ2n) is 5.85. The number of methoxy groups -OCH3 is 1. The maximum Gasteiger partial charge on any atom is 0.413 e. The van der Waals surface area contributed by atoms with E-state index in [0.717, 1.165) is 5.56 Å². The summed E-state index contributed by atoms with van der Waals surface area (Å²) in [4.78, 5) is 24.9. The van der Waals surface area contributed by atoms with Crippen molar-refractivity contribution in [3.8, 4) is 0 Å². The first-order valence-corrected chi connectivity index (χ1v) is 9.70. The Morgan fingerprint density at radius 3 is 2.35 bits per heavy atom. The second kappa shape index (κ2) is 8.93. The van der Waals surface area contributed by atoms with Gasteiger partial charge in [-0.1, -0.05) is 30.3 Å². The van der Waals surface area contributed by atoms with Crippen molar-refractivity contribution in [3.05, 3.63) is 41.3 Å². The summed E-state index contributed by atoms with van der Waals surface area (Å²) in [6.45, 7) is 3.01. The molecule has 0 spiro atoms. The number of rotatable bonds is 5. The van der Waals surface area contributed by atoms with Crippen LogP contribution in [0, 0.1) is 0 Å². The van der Waals surface area contributed by atoms with Crippen molar-refractivity contribution in [2.75, 3.05) is 33.3 Å². The molecular formula is C17H23N3O5S. The molecular weight excluding hydrogens is 358 g/mol. The molecule has 2 rings (SSSR count). The Balaban J connectivity index is 1.91. The number of hydrogen-bond acceptors (Lipinski definition) is 6. The molecule has 9 heteroatoms. The smallest absolute Gasteiger partial charge is 0.413 e. The molecule has 0 bridgehead atoms. The third-order valence-electron chi connectivity index (χ3n) is 4.20. The van der Waals surface area contributed by atoms with Crippen molar-refractivity contribution in [1.82, 2.24) is 14.5 Å². The van der Waals surface area contributed by atoms with E-state index in [-0.39, 0.29) is 13.1 Å². The van der Waals surface area contributed by atoms with Gasteiger partial charge in [0.15, 0.2) is 0 Å². The summed E-state index contributed by atoms with van der Waals surface area (Å²) in [5.41, 5.74) is 0.808. The van der Waals surface area contributed by atoms with Crippen molar-refractivity contribution in [3.63, 3.8) is 0 Å². The molecule has 26 heavy (non-hydrogen) atoms. The van der Waals surface area contributed by atoms with E-state index in [1.807, 2.05) is 35.2 Å². The molecule has 1 aromatic rings. The molecule has 1 aromatic carbocycles. The summed E-state index contributed by atoms with van der Waals surface area (Å²) in [5, 5.41) is 3.32. The number of hydrogen-bond donors (Lipinski definition) is 1. The molecule has 2 amide bonds. The quantitative estimate of drug-likeness (QED) is 0.813. The molecule has 1 aliphatic heterocycles. The van der Waals surface area contributed by atoms with E-state index in [1.165, 1.54) is 16.8 Å². The van der Waals surface area contributed by atoms with Gasteiger partial charge in [-0.05, 0) is 18.6 Å². The Hall–Kier alpha value is -2.23. The average Bonchev–Trinajstić information content (AvgIpc) is 2.66. The molecule has 8 nitrogen and oxygen atoms in total. The maximum atomic E-state index is 12.4. The van der Waals surface area contributed by atoms with Gasteiger partial charge in [0, 0.05) is 31.6 Å². The van der Waals surface area contributed by atoms with Crippen molar-refractivity contribution in [2.24, 2.45) is 0 Å². The molecule has 0 aliphatic carbocycles. The molecule has 0 saturated carbocycles. The zero-order valence-electron chi connectivity index (χ0n) is 14.8. The van der Waals surface area contributed by atoms with Gasteiger partial charge in [0.05, 0.1) is 13.2 Å². The highest BCUT2D eigenvalue weighted by atomic mass is 32.2. The average molecular weight is 381 g/mol. The fourth-order valence-corrected chi connectivity index (χ4v) is 3.76. The van der Waals surface area contributed by atoms with E-state index < -0.39 is 28.1 Å². The minimum absolute atomic E-state index is 0.275. The van der Waals surface area contributed by atoms with Crippen molar-refractivity contribution in [2.45, 2.75) is 13.0 Å². The topological polar surface area (TPSA) is 96.0 Å². The number of imide groups is 1. The van der Waals surface area contributed by atoms with Crippen LogP contribution in [0.25, 0.3) is 6.08 Å². The van der Waals surface area contributed by atoms with Crippen molar-refractivity contribution >= 4 is 28.1 Å². The largest absolute Gasteiger partial charge is 0.453 e. The number of carbonyl (C=O) groups is 2. The summed E-state index contributed by atoms with van der Waals surface area (Å²) in [6, 6.07) is 8.64. The lowest BCUT2D eigenvalue weighted by Crippen LogP contribution is -2.55. The monoisotopic (exact) mass is 381 g/mol. The fourth-order valence-electron chi connectivity index (χ4n) is 2.58. The van der Waals surface area contributed by atoms with Gasteiger partial charge in [-0.3, -0.25) is 15.0 Å². The number of alkyl carbamates (subject to hydrolysis) is 1. The fraction of sp³-hybridized carbons (Fsp3) is 0.412. The normalized spacial score (nSPS) is 17.8. The van der Waals surface area contributed by atoms with E-state index in [2.05, 4.69) is 10.1 Å². The van der Waals surface area contributed by atoms with Crippen LogP contribution < -0.4 is 5.32 Å². The van der Waals surface area contributed by atoms with Crippen molar-refractivity contribution in [1.29, 1.82) is 0 Å². The minimum atomic E-state index is -3.52. The summed E-state index contributed by atoms with van der Waals surface area (Å²) in [5.74, 6) is -0.475. The first-order valence-electron chi connectivity index (χ1n) is 8.19. The van der Waals surface area contributed by atoms with Crippen LogP contribution in [0.1, 0.15) is 12.5 Å². The number of piperazine rings is 1. The highest BCUT2D eigenvalue weighted by molar-refractivity contribution is 7.92. The molecule has 1 N–H and O–H groups in total. The second-order valence-corrected chi connectivity index (χ2v) is 7.67. The molecule has 1 aliphatic rings. The number of carbonyl (C=O) groups excluding carboxylic acids is 2. The van der Waals surface area contributed by atoms with Crippen LogP contribution in [-0.4, -0.2) is 69.0 Å². The molecule has 1 fully saturated rings. The summed E-state index contributed by atoms with van der Waals surface area (Å²) in [6.07, 6.45) is 0.753. The minimum Gasteiger partial charge on any atom is -0.453 e. The number of amides is 2. The number of sulfonamides is 1. The molecule has 1 saturated heterocycles. The highest BCUT2D eigenvalue weighted by Crippen LogP contribution is 2.13. The first-order chi connectivity index (χ1) is 12.3. The van der Waals surface area contributed by atoms with Crippen LogP contribution in [0.15, 0.2) is 35.7 Å². The SMILES string of the molecule is COC(=O)NC(=O)[C@@H](C)N1CCN(S(=O)(=O)/C=C/c2ccccc2)CC1. The zero-order valence-corrected chi connectivity index (χ0v) is 15.6.